The number of carbonyl (C=O) groups excluding carboxylic acids is 1. The highest BCUT2D eigenvalue weighted by Gasteiger charge is 2.30. The molecular formula is C7H11BrO3. The summed E-state index contributed by atoms with van der Waals surface area (Å²) >= 11 is 3.05. The smallest absolute Gasteiger partial charge is 0.354 e. The van der Waals surface area contributed by atoms with Gasteiger partial charge in [-0.3, -0.25) is 0 Å². The number of rotatable bonds is 3. The van der Waals surface area contributed by atoms with Gasteiger partial charge in [-0.25, -0.2) is 4.79 Å². The van der Waals surface area contributed by atoms with E-state index in [1.165, 1.54) is 13.4 Å². The van der Waals surface area contributed by atoms with Crippen LogP contribution in [0.2, 0.25) is 0 Å². The van der Waals surface area contributed by atoms with Crippen molar-refractivity contribution in [1.29, 1.82) is 0 Å². The first-order valence-electron chi connectivity index (χ1n) is 3.11. The lowest BCUT2D eigenvalue weighted by Crippen LogP contribution is -2.31. The van der Waals surface area contributed by atoms with Gasteiger partial charge in [0.2, 0.25) is 4.51 Å². The van der Waals surface area contributed by atoms with E-state index in [0.29, 0.717) is 0 Å². The number of esters is 1. The van der Waals surface area contributed by atoms with Crippen LogP contribution in [-0.2, 0) is 14.3 Å². The summed E-state index contributed by atoms with van der Waals surface area (Å²) in [7, 11) is 1.42. The Bertz CT molecular complexity index is 163. The molecule has 11 heavy (non-hydrogen) atoms. The monoisotopic (exact) mass is 222 g/mol. The zero-order valence-corrected chi connectivity index (χ0v) is 8.34. The first kappa shape index (κ1) is 10.7. The van der Waals surface area contributed by atoms with Gasteiger partial charge in [0.15, 0.2) is 0 Å². The van der Waals surface area contributed by atoms with Gasteiger partial charge in [0.25, 0.3) is 0 Å². The zero-order valence-electron chi connectivity index (χ0n) is 6.76. The molecule has 4 heteroatoms. The molecule has 0 bridgehead atoms. The molecule has 0 aliphatic rings. The SMILES string of the molecule is CC=COC(=O)C(C)(Br)OC. The molecule has 1 atom stereocenters. The first-order chi connectivity index (χ1) is 5.04. The third-order valence-corrected chi connectivity index (χ3v) is 1.71. The van der Waals surface area contributed by atoms with E-state index in [-0.39, 0.29) is 0 Å². The Hall–Kier alpha value is -0.350. The first-order valence-corrected chi connectivity index (χ1v) is 3.90. The summed E-state index contributed by atoms with van der Waals surface area (Å²) < 4.78 is 8.41. The summed E-state index contributed by atoms with van der Waals surface area (Å²) in [6, 6.07) is 0. The van der Waals surface area contributed by atoms with Crippen molar-refractivity contribution in [3.05, 3.63) is 12.3 Å². The molecule has 0 aromatic rings. The molecule has 0 rings (SSSR count). The summed E-state index contributed by atoms with van der Waals surface area (Å²) in [4.78, 5) is 11.0. The molecule has 0 saturated carbocycles. The number of alkyl halides is 1. The van der Waals surface area contributed by atoms with Crippen LogP contribution >= 0.6 is 15.9 Å². The van der Waals surface area contributed by atoms with E-state index in [0.717, 1.165) is 0 Å². The van der Waals surface area contributed by atoms with Gasteiger partial charge in [-0.1, -0.05) is 6.08 Å². The van der Waals surface area contributed by atoms with Crippen LogP contribution in [0, 0.1) is 0 Å². The van der Waals surface area contributed by atoms with Crippen molar-refractivity contribution in [3.8, 4) is 0 Å². The summed E-state index contributed by atoms with van der Waals surface area (Å²) in [6.45, 7) is 3.32. The van der Waals surface area contributed by atoms with Gasteiger partial charge in [0.05, 0.1) is 6.26 Å². The Morgan fingerprint density at radius 1 is 1.64 bits per heavy atom. The van der Waals surface area contributed by atoms with Crippen LogP contribution in [-0.4, -0.2) is 17.6 Å². The average Bonchev–Trinajstić information content (AvgIpc) is 2.00. The van der Waals surface area contributed by atoms with Crippen molar-refractivity contribution in [2.24, 2.45) is 0 Å². The number of carbonyl (C=O) groups is 1. The molecule has 0 aromatic carbocycles. The summed E-state index contributed by atoms with van der Waals surface area (Å²) in [5.74, 6) is -0.474. The van der Waals surface area contributed by atoms with Gasteiger partial charge in [-0.05, 0) is 29.8 Å². The molecule has 0 N–H and O–H groups in total. The molecule has 0 aliphatic heterocycles. The average molecular weight is 223 g/mol. The largest absolute Gasteiger partial charge is 0.432 e. The highest BCUT2D eigenvalue weighted by atomic mass is 79.9. The maximum Gasteiger partial charge on any atom is 0.354 e. The lowest BCUT2D eigenvalue weighted by Gasteiger charge is -2.16. The van der Waals surface area contributed by atoms with Crippen molar-refractivity contribution in [2.75, 3.05) is 7.11 Å². The highest BCUT2D eigenvalue weighted by Crippen LogP contribution is 2.19. The third kappa shape index (κ3) is 3.53. The molecule has 0 aromatic heterocycles. The lowest BCUT2D eigenvalue weighted by atomic mass is 10.4. The minimum Gasteiger partial charge on any atom is -0.432 e. The van der Waals surface area contributed by atoms with Crippen LogP contribution in [0.5, 0.6) is 0 Å². The fourth-order valence-corrected chi connectivity index (χ4v) is 0.412. The second kappa shape index (κ2) is 4.51. The maximum atomic E-state index is 11.0. The predicted octanol–water partition coefficient (Wildman–Crippen LogP) is 1.82. The fourth-order valence-electron chi connectivity index (χ4n) is 0.318. The van der Waals surface area contributed by atoms with E-state index < -0.39 is 10.5 Å². The van der Waals surface area contributed by atoms with Crippen LogP contribution in [0.25, 0.3) is 0 Å². The van der Waals surface area contributed by atoms with E-state index in [9.17, 15) is 4.79 Å². The molecule has 0 heterocycles. The normalized spacial score (nSPS) is 16.4. The standard InChI is InChI=1S/C7H11BrO3/c1-4-5-11-6(9)7(2,8)10-3/h4-5H,1-3H3. The Morgan fingerprint density at radius 2 is 2.18 bits per heavy atom. The van der Waals surface area contributed by atoms with E-state index in [1.54, 1.807) is 19.9 Å². The number of allylic oxidation sites excluding steroid dienone is 1. The van der Waals surface area contributed by atoms with Crippen molar-refractivity contribution < 1.29 is 14.3 Å². The van der Waals surface area contributed by atoms with Gasteiger partial charge < -0.3 is 9.47 Å². The zero-order chi connectivity index (χ0) is 8.91. The molecular weight excluding hydrogens is 212 g/mol. The number of hydrogen-bond acceptors (Lipinski definition) is 3. The number of methoxy groups -OCH3 is 1. The van der Waals surface area contributed by atoms with Gasteiger partial charge in [-0.15, -0.1) is 0 Å². The lowest BCUT2D eigenvalue weighted by molar-refractivity contribution is -0.150. The van der Waals surface area contributed by atoms with Crippen molar-refractivity contribution in [2.45, 2.75) is 18.4 Å². The Balaban J connectivity index is 4.02. The molecule has 1 unspecified atom stereocenters. The van der Waals surface area contributed by atoms with Crippen LogP contribution in [0.1, 0.15) is 13.8 Å². The van der Waals surface area contributed by atoms with Crippen LogP contribution in [0.3, 0.4) is 0 Å². The molecule has 0 radical (unpaired) electrons. The summed E-state index contributed by atoms with van der Waals surface area (Å²) in [5.41, 5.74) is 0. The van der Waals surface area contributed by atoms with Crippen LogP contribution < -0.4 is 0 Å². The maximum absolute atomic E-state index is 11.0. The number of halogens is 1. The van der Waals surface area contributed by atoms with E-state index in [2.05, 4.69) is 20.7 Å². The highest BCUT2D eigenvalue weighted by molar-refractivity contribution is 9.10. The molecule has 0 fully saturated rings. The number of hydrogen-bond donors (Lipinski definition) is 0. The van der Waals surface area contributed by atoms with E-state index >= 15 is 0 Å². The van der Waals surface area contributed by atoms with Crippen LogP contribution in [0.4, 0.5) is 0 Å². The second-order valence-corrected chi connectivity index (χ2v) is 3.51. The Kier molecular flexibility index (Phi) is 4.37. The van der Waals surface area contributed by atoms with Crippen LogP contribution in [0.15, 0.2) is 12.3 Å². The van der Waals surface area contributed by atoms with Gasteiger partial charge in [-0.2, -0.15) is 0 Å². The molecule has 0 amide bonds. The van der Waals surface area contributed by atoms with Gasteiger partial charge in [0.1, 0.15) is 0 Å². The minimum atomic E-state index is -1.05. The minimum absolute atomic E-state index is 0.474. The van der Waals surface area contributed by atoms with E-state index in [1.807, 2.05) is 0 Å². The van der Waals surface area contributed by atoms with E-state index in [4.69, 9.17) is 4.74 Å². The quantitative estimate of drug-likeness (QED) is 0.416. The fraction of sp³-hybridized carbons (Fsp3) is 0.571. The molecule has 0 spiro atoms. The summed E-state index contributed by atoms with van der Waals surface area (Å²) in [5, 5.41) is 0. The molecule has 3 nitrogen and oxygen atoms in total. The van der Waals surface area contributed by atoms with Crippen molar-refractivity contribution in [3.63, 3.8) is 0 Å². The summed E-state index contributed by atoms with van der Waals surface area (Å²) in [6.07, 6.45) is 2.93. The second-order valence-electron chi connectivity index (χ2n) is 2.00. The van der Waals surface area contributed by atoms with Gasteiger partial charge >= 0.3 is 5.97 Å². The van der Waals surface area contributed by atoms with Crippen molar-refractivity contribution in [1.82, 2.24) is 0 Å². The van der Waals surface area contributed by atoms with Crippen molar-refractivity contribution >= 4 is 21.9 Å². The number of ether oxygens (including phenoxy) is 2. The molecule has 0 saturated heterocycles. The Labute approximate surface area is 74.5 Å². The molecule has 0 aliphatic carbocycles. The Morgan fingerprint density at radius 3 is 2.55 bits per heavy atom. The van der Waals surface area contributed by atoms with Gasteiger partial charge in [0, 0.05) is 7.11 Å². The third-order valence-electron chi connectivity index (χ3n) is 1.06. The predicted molar refractivity (Wildman–Crippen MR) is 45.2 cm³/mol. The molecule has 64 valence electrons. The topological polar surface area (TPSA) is 35.5 Å².